The Labute approximate surface area is 199 Å². The number of epoxide rings is 2. The summed E-state index contributed by atoms with van der Waals surface area (Å²) in [4.78, 5) is 0. The van der Waals surface area contributed by atoms with Crippen LogP contribution in [0.3, 0.4) is 0 Å². The van der Waals surface area contributed by atoms with Gasteiger partial charge >= 0.3 is 0 Å². The highest BCUT2D eigenvalue weighted by atomic mass is 16.6. The summed E-state index contributed by atoms with van der Waals surface area (Å²) in [7, 11) is 0. The molecule has 0 spiro atoms. The van der Waals surface area contributed by atoms with E-state index >= 15 is 0 Å². The first-order valence-corrected chi connectivity index (χ1v) is 12.1. The lowest BCUT2D eigenvalue weighted by atomic mass is 9.84. The van der Waals surface area contributed by atoms with Gasteiger partial charge in [0.2, 0.25) is 0 Å². The quantitative estimate of drug-likeness (QED) is 0.455. The van der Waals surface area contributed by atoms with E-state index in [0.29, 0.717) is 13.2 Å². The van der Waals surface area contributed by atoms with Gasteiger partial charge in [0.15, 0.2) is 0 Å². The van der Waals surface area contributed by atoms with Crippen LogP contribution in [0.25, 0.3) is 0 Å². The van der Waals surface area contributed by atoms with Crippen LogP contribution in [0.15, 0.2) is 0 Å². The average Bonchev–Trinajstić information content (AvgIpc) is 3.69. The van der Waals surface area contributed by atoms with Crippen LogP contribution in [-0.4, -0.2) is 37.6 Å². The normalized spacial score (nSPS) is 23.6. The molecule has 2 atom stereocenters. The fourth-order valence-electron chi connectivity index (χ4n) is 4.71. The van der Waals surface area contributed by atoms with Gasteiger partial charge in [-0.2, -0.15) is 0 Å². The van der Waals surface area contributed by atoms with Crippen LogP contribution in [0.4, 0.5) is 0 Å². The molecule has 33 heavy (non-hydrogen) atoms. The zero-order chi connectivity index (χ0) is 24.3. The summed E-state index contributed by atoms with van der Waals surface area (Å²) in [5.74, 6) is 2.04. The van der Waals surface area contributed by atoms with E-state index < -0.39 is 0 Å². The molecule has 2 heterocycles. The smallest absolute Gasteiger partial charge is 0.125 e. The van der Waals surface area contributed by atoms with Crippen LogP contribution in [-0.2, 0) is 15.9 Å². The van der Waals surface area contributed by atoms with E-state index in [1.54, 1.807) is 0 Å². The molecule has 0 N–H and O–H groups in total. The lowest BCUT2D eigenvalue weighted by Gasteiger charge is -2.25. The van der Waals surface area contributed by atoms with Crippen molar-refractivity contribution in [3.63, 3.8) is 0 Å². The van der Waals surface area contributed by atoms with Crippen LogP contribution < -0.4 is 9.47 Å². The molecule has 0 aromatic heterocycles. The second-order valence-electron chi connectivity index (χ2n) is 10.8. The number of hydrogen-bond donors (Lipinski definition) is 0. The maximum Gasteiger partial charge on any atom is 0.125 e. The third-order valence-electron chi connectivity index (χ3n) is 8.09. The molecular weight excluding hydrogens is 412 g/mol. The molecule has 2 fully saturated rings. The van der Waals surface area contributed by atoms with E-state index in [4.69, 9.17) is 18.9 Å². The molecule has 4 nitrogen and oxygen atoms in total. The molecule has 4 rings (SSSR count). The van der Waals surface area contributed by atoms with E-state index in [-0.39, 0.29) is 11.2 Å². The van der Waals surface area contributed by atoms with Crippen LogP contribution >= 0.6 is 0 Å². The van der Waals surface area contributed by atoms with Crippen molar-refractivity contribution in [1.29, 1.82) is 0 Å². The van der Waals surface area contributed by atoms with Crippen molar-refractivity contribution < 1.29 is 18.9 Å². The third kappa shape index (κ3) is 4.52. The Kier molecular flexibility index (Phi) is 6.07. The molecule has 0 bridgehead atoms. The maximum absolute atomic E-state index is 6.27. The highest BCUT2D eigenvalue weighted by molar-refractivity contribution is 5.59. The molecule has 0 aliphatic carbocycles. The summed E-state index contributed by atoms with van der Waals surface area (Å²) in [6.07, 6.45) is 0.918. The van der Waals surface area contributed by atoms with Crippen molar-refractivity contribution in [2.45, 2.75) is 86.9 Å². The largest absolute Gasteiger partial charge is 0.490 e. The van der Waals surface area contributed by atoms with Gasteiger partial charge in [-0.1, -0.05) is 0 Å². The van der Waals surface area contributed by atoms with Gasteiger partial charge in [-0.3, -0.25) is 0 Å². The molecule has 2 aromatic carbocycles. The van der Waals surface area contributed by atoms with Gasteiger partial charge in [0, 0.05) is 0 Å². The Balaban J connectivity index is 1.67. The van der Waals surface area contributed by atoms with Crippen LogP contribution in [0.2, 0.25) is 0 Å². The summed E-state index contributed by atoms with van der Waals surface area (Å²) in [6, 6.07) is 0. The SMILES string of the molecule is Cc1c(C)c(OCC2(C)CO2)c(C)c(C)c1Cc1c(C)c(C)c(OCC2(C)CO2)c(C)c1C. The maximum atomic E-state index is 6.27. The molecule has 2 aliphatic rings. The molecule has 2 aromatic rings. The molecule has 180 valence electrons. The predicted octanol–water partition coefficient (Wildman–Crippen LogP) is 6.08. The zero-order valence-corrected chi connectivity index (χ0v) is 22.2. The highest BCUT2D eigenvalue weighted by Crippen LogP contribution is 2.39. The van der Waals surface area contributed by atoms with Crippen LogP contribution in [0.5, 0.6) is 11.5 Å². The third-order valence-corrected chi connectivity index (χ3v) is 8.09. The van der Waals surface area contributed by atoms with E-state index in [2.05, 4.69) is 69.2 Å². The highest BCUT2D eigenvalue weighted by Gasteiger charge is 2.41. The first kappa shape index (κ1) is 24.1. The number of ether oxygens (including phenoxy) is 4. The Morgan fingerprint density at radius 1 is 0.545 bits per heavy atom. The summed E-state index contributed by atoms with van der Waals surface area (Å²) in [5, 5.41) is 0. The number of rotatable bonds is 8. The van der Waals surface area contributed by atoms with Crippen molar-refractivity contribution in [3.8, 4) is 11.5 Å². The lowest BCUT2D eigenvalue weighted by Crippen LogP contribution is -2.19. The number of benzene rings is 2. The van der Waals surface area contributed by atoms with E-state index in [9.17, 15) is 0 Å². The minimum atomic E-state index is -0.116. The zero-order valence-electron chi connectivity index (χ0n) is 22.2. The molecule has 0 amide bonds. The Morgan fingerprint density at radius 2 is 0.818 bits per heavy atom. The second-order valence-corrected chi connectivity index (χ2v) is 10.8. The minimum Gasteiger partial charge on any atom is -0.490 e. The fourth-order valence-corrected chi connectivity index (χ4v) is 4.71. The average molecular weight is 453 g/mol. The van der Waals surface area contributed by atoms with Gasteiger partial charge in [0.1, 0.15) is 35.9 Å². The topological polar surface area (TPSA) is 43.5 Å². The molecule has 0 saturated carbocycles. The van der Waals surface area contributed by atoms with Crippen molar-refractivity contribution in [2.75, 3.05) is 26.4 Å². The monoisotopic (exact) mass is 452 g/mol. The van der Waals surface area contributed by atoms with Crippen molar-refractivity contribution >= 4 is 0 Å². The summed E-state index contributed by atoms with van der Waals surface area (Å²) in [6.45, 7) is 24.7. The Hall–Kier alpha value is -2.04. The molecule has 2 aliphatic heterocycles. The summed E-state index contributed by atoms with van der Waals surface area (Å²) >= 11 is 0. The standard InChI is InChI=1S/C29H40O4/c1-16-20(5)26(30-12-28(9)14-32-28)21(6)17(2)24(16)11-25-18(3)22(7)27(23(8)19(25)4)31-13-29(10)15-33-29/h11-15H2,1-10H3. The molecule has 2 unspecified atom stereocenters. The van der Waals surface area contributed by atoms with Crippen LogP contribution in [0.1, 0.15) is 69.5 Å². The van der Waals surface area contributed by atoms with E-state index in [1.807, 2.05) is 0 Å². The molecular formula is C29H40O4. The van der Waals surface area contributed by atoms with Gasteiger partial charge < -0.3 is 18.9 Å². The Bertz CT molecular complexity index is 958. The number of hydrogen-bond acceptors (Lipinski definition) is 4. The summed E-state index contributed by atoms with van der Waals surface area (Å²) < 4.78 is 23.6. The van der Waals surface area contributed by atoms with Gasteiger partial charge in [-0.15, -0.1) is 0 Å². The molecule has 4 heteroatoms. The lowest BCUT2D eigenvalue weighted by molar-refractivity contribution is 0.200. The van der Waals surface area contributed by atoms with E-state index in [0.717, 1.165) is 31.1 Å². The minimum absolute atomic E-state index is 0.116. The van der Waals surface area contributed by atoms with Gasteiger partial charge in [0.25, 0.3) is 0 Å². The Morgan fingerprint density at radius 3 is 1.06 bits per heavy atom. The van der Waals surface area contributed by atoms with Gasteiger partial charge in [0.05, 0.1) is 13.2 Å². The van der Waals surface area contributed by atoms with Gasteiger partial charge in [-0.05, 0) is 131 Å². The predicted molar refractivity (Wildman–Crippen MR) is 133 cm³/mol. The fraction of sp³-hybridized carbons (Fsp3) is 0.586. The van der Waals surface area contributed by atoms with Crippen molar-refractivity contribution in [3.05, 3.63) is 55.6 Å². The molecule has 0 radical (unpaired) electrons. The van der Waals surface area contributed by atoms with Gasteiger partial charge in [-0.25, -0.2) is 0 Å². The van der Waals surface area contributed by atoms with E-state index in [1.165, 1.54) is 55.6 Å². The first-order chi connectivity index (χ1) is 15.4. The second kappa shape index (κ2) is 8.32. The summed E-state index contributed by atoms with van der Waals surface area (Å²) in [5.41, 5.74) is 12.8. The van der Waals surface area contributed by atoms with Crippen molar-refractivity contribution in [1.82, 2.24) is 0 Å². The van der Waals surface area contributed by atoms with Crippen molar-refractivity contribution in [2.24, 2.45) is 0 Å². The van der Waals surface area contributed by atoms with Crippen LogP contribution in [0, 0.1) is 55.4 Å². The molecule has 2 saturated heterocycles. The first-order valence-electron chi connectivity index (χ1n) is 12.1.